The highest BCUT2D eigenvalue weighted by Gasteiger charge is 2.28. The second-order valence-electron chi connectivity index (χ2n) is 8.34. The van der Waals surface area contributed by atoms with Crippen LogP contribution in [0.15, 0.2) is 24.3 Å². The molecule has 2 aliphatic heterocycles. The second-order valence-corrected chi connectivity index (χ2v) is 10.3. The van der Waals surface area contributed by atoms with E-state index < -0.39 is 27.4 Å². The van der Waals surface area contributed by atoms with Gasteiger partial charge in [-0.3, -0.25) is 0 Å². The van der Waals surface area contributed by atoms with Gasteiger partial charge in [0.05, 0.1) is 5.75 Å². The Kier molecular flexibility index (Phi) is 6.59. The molecule has 0 amide bonds. The summed E-state index contributed by atoms with van der Waals surface area (Å²) in [5.74, 6) is 0.367. The summed E-state index contributed by atoms with van der Waals surface area (Å²) in [4.78, 5) is 15.7. The van der Waals surface area contributed by atoms with Crippen molar-refractivity contribution in [2.24, 2.45) is 0 Å². The third kappa shape index (κ3) is 5.33. The largest absolute Gasteiger partial charge is 0.354 e. The summed E-state index contributed by atoms with van der Waals surface area (Å²) >= 11 is 0. The standard InChI is InChI=1S/C21H28F2N6O2S/c1-16-24-20(27-5-3-26(2)4-6-27)14-21(25-16)28-7-9-29(10-8-28)32(30,31)15-17-11-18(22)13-19(23)12-17/h11-14H,3-10,15H2,1-2H3. The highest BCUT2D eigenvalue weighted by molar-refractivity contribution is 7.88. The van der Waals surface area contributed by atoms with Gasteiger partial charge in [0.25, 0.3) is 0 Å². The summed E-state index contributed by atoms with van der Waals surface area (Å²) in [6, 6.07) is 4.81. The van der Waals surface area contributed by atoms with Gasteiger partial charge < -0.3 is 14.7 Å². The lowest BCUT2D eigenvalue weighted by atomic mass is 10.2. The predicted octanol–water partition coefficient (Wildman–Crippen LogP) is 1.47. The lowest BCUT2D eigenvalue weighted by molar-refractivity contribution is 0.312. The second kappa shape index (κ2) is 9.24. The molecule has 1 aromatic heterocycles. The molecule has 4 rings (SSSR count). The Hall–Kier alpha value is -2.37. The highest BCUT2D eigenvalue weighted by atomic mass is 32.2. The van der Waals surface area contributed by atoms with E-state index in [4.69, 9.17) is 0 Å². The first-order chi connectivity index (χ1) is 15.2. The van der Waals surface area contributed by atoms with Crippen molar-refractivity contribution >= 4 is 21.7 Å². The van der Waals surface area contributed by atoms with E-state index >= 15 is 0 Å². The molecule has 11 heteroatoms. The molecule has 32 heavy (non-hydrogen) atoms. The number of aromatic nitrogens is 2. The molecular formula is C21H28F2N6O2S. The number of anilines is 2. The maximum absolute atomic E-state index is 13.4. The number of hydrogen-bond acceptors (Lipinski definition) is 7. The van der Waals surface area contributed by atoms with Crippen LogP contribution in [-0.4, -0.2) is 87.0 Å². The molecule has 174 valence electrons. The first kappa shape index (κ1) is 22.8. The molecular weight excluding hydrogens is 438 g/mol. The molecule has 0 aliphatic carbocycles. The van der Waals surface area contributed by atoms with Crippen molar-refractivity contribution in [3.63, 3.8) is 0 Å². The molecule has 2 aliphatic rings. The Balaban J connectivity index is 1.42. The zero-order valence-electron chi connectivity index (χ0n) is 18.3. The van der Waals surface area contributed by atoms with Crippen molar-refractivity contribution in [1.29, 1.82) is 0 Å². The number of halogens is 2. The van der Waals surface area contributed by atoms with Crippen molar-refractivity contribution in [2.45, 2.75) is 12.7 Å². The van der Waals surface area contributed by atoms with Gasteiger partial charge in [0.15, 0.2) is 0 Å². The minimum Gasteiger partial charge on any atom is -0.354 e. The highest BCUT2D eigenvalue weighted by Crippen LogP contribution is 2.23. The van der Waals surface area contributed by atoms with E-state index in [1.54, 1.807) is 0 Å². The molecule has 0 saturated carbocycles. The van der Waals surface area contributed by atoms with Gasteiger partial charge in [-0.1, -0.05) is 0 Å². The number of likely N-dealkylation sites (N-methyl/N-ethyl adjacent to an activating group) is 1. The quantitative estimate of drug-likeness (QED) is 0.661. The molecule has 1 aromatic carbocycles. The van der Waals surface area contributed by atoms with Gasteiger partial charge in [0, 0.05) is 64.5 Å². The molecule has 2 fully saturated rings. The fourth-order valence-electron chi connectivity index (χ4n) is 4.09. The third-order valence-corrected chi connectivity index (χ3v) is 7.72. The smallest absolute Gasteiger partial charge is 0.218 e. The maximum atomic E-state index is 13.4. The first-order valence-corrected chi connectivity index (χ1v) is 12.3. The monoisotopic (exact) mass is 466 g/mol. The van der Waals surface area contributed by atoms with Crippen LogP contribution in [0.2, 0.25) is 0 Å². The number of hydrogen-bond donors (Lipinski definition) is 0. The van der Waals surface area contributed by atoms with Gasteiger partial charge in [-0.05, 0) is 31.7 Å². The summed E-state index contributed by atoms with van der Waals surface area (Å²) in [6.45, 7) is 7.15. The van der Waals surface area contributed by atoms with E-state index in [1.165, 1.54) is 4.31 Å². The predicted molar refractivity (Wildman–Crippen MR) is 119 cm³/mol. The van der Waals surface area contributed by atoms with Crippen molar-refractivity contribution in [3.8, 4) is 0 Å². The summed E-state index contributed by atoms with van der Waals surface area (Å²) in [7, 11) is -1.58. The van der Waals surface area contributed by atoms with Crippen molar-refractivity contribution in [1.82, 2.24) is 19.2 Å². The fraction of sp³-hybridized carbons (Fsp3) is 0.524. The summed E-state index contributed by atoms with van der Waals surface area (Å²) in [5, 5.41) is 0. The molecule has 0 atom stereocenters. The molecule has 2 aromatic rings. The van der Waals surface area contributed by atoms with Gasteiger partial charge >= 0.3 is 0 Å². The van der Waals surface area contributed by atoms with Crippen LogP contribution >= 0.6 is 0 Å². The van der Waals surface area contributed by atoms with Crippen LogP contribution in [-0.2, 0) is 15.8 Å². The van der Waals surface area contributed by atoms with Crippen LogP contribution in [0.1, 0.15) is 11.4 Å². The lowest BCUT2D eigenvalue weighted by Crippen LogP contribution is -2.49. The maximum Gasteiger partial charge on any atom is 0.218 e. The molecule has 0 radical (unpaired) electrons. The number of aryl methyl sites for hydroxylation is 1. The van der Waals surface area contributed by atoms with Crippen LogP contribution in [0.25, 0.3) is 0 Å². The van der Waals surface area contributed by atoms with Crippen molar-refractivity contribution < 1.29 is 17.2 Å². The molecule has 0 spiro atoms. The van der Waals surface area contributed by atoms with Crippen LogP contribution in [0.3, 0.4) is 0 Å². The van der Waals surface area contributed by atoms with E-state index in [-0.39, 0.29) is 18.7 Å². The van der Waals surface area contributed by atoms with Gasteiger partial charge in [0.1, 0.15) is 29.1 Å². The Bertz CT molecular complexity index is 1050. The number of piperazine rings is 2. The lowest BCUT2D eigenvalue weighted by Gasteiger charge is -2.36. The molecule has 3 heterocycles. The van der Waals surface area contributed by atoms with E-state index in [9.17, 15) is 17.2 Å². The normalized spacial score (nSPS) is 18.9. The molecule has 0 unspecified atom stereocenters. The number of sulfonamides is 1. The number of nitrogens with zero attached hydrogens (tertiary/aromatic N) is 6. The van der Waals surface area contributed by atoms with E-state index in [0.29, 0.717) is 18.9 Å². The van der Waals surface area contributed by atoms with E-state index in [2.05, 4.69) is 31.7 Å². The molecule has 0 bridgehead atoms. The average molecular weight is 467 g/mol. The first-order valence-electron chi connectivity index (χ1n) is 10.7. The van der Waals surface area contributed by atoms with Crippen LogP contribution < -0.4 is 9.80 Å². The fourth-order valence-corrected chi connectivity index (χ4v) is 5.58. The minimum atomic E-state index is -3.69. The van der Waals surface area contributed by atoms with Gasteiger partial charge in [-0.25, -0.2) is 27.2 Å². The zero-order chi connectivity index (χ0) is 22.9. The van der Waals surface area contributed by atoms with Crippen LogP contribution in [0, 0.1) is 18.6 Å². The van der Waals surface area contributed by atoms with Crippen molar-refractivity contribution in [2.75, 3.05) is 69.2 Å². The number of rotatable bonds is 5. The van der Waals surface area contributed by atoms with Gasteiger partial charge in [0.2, 0.25) is 10.0 Å². The Morgan fingerprint density at radius 2 is 1.31 bits per heavy atom. The van der Waals surface area contributed by atoms with Crippen molar-refractivity contribution in [3.05, 3.63) is 47.3 Å². The summed E-state index contributed by atoms with van der Waals surface area (Å²) < 4.78 is 53.8. The average Bonchev–Trinajstić information content (AvgIpc) is 2.73. The molecule has 0 N–H and O–H groups in total. The van der Waals surface area contributed by atoms with E-state index in [1.807, 2.05) is 13.0 Å². The Morgan fingerprint density at radius 3 is 1.84 bits per heavy atom. The zero-order valence-corrected chi connectivity index (χ0v) is 19.2. The topological polar surface area (TPSA) is 72.9 Å². The SMILES string of the molecule is Cc1nc(N2CCN(C)CC2)cc(N2CCN(S(=O)(=O)Cc3cc(F)cc(F)c3)CC2)n1. The Morgan fingerprint density at radius 1 is 0.812 bits per heavy atom. The van der Waals surface area contributed by atoms with Crippen LogP contribution in [0.4, 0.5) is 20.4 Å². The van der Waals surface area contributed by atoms with E-state index in [0.717, 1.165) is 56.0 Å². The Labute approximate surface area is 187 Å². The molecule has 2 saturated heterocycles. The summed E-state index contributed by atoms with van der Waals surface area (Å²) in [6.07, 6.45) is 0. The third-order valence-electron chi connectivity index (χ3n) is 5.87. The molecule has 8 nitrogen and oxygen atoms in total. The van der Waals surface area contributed by atoms with Gasteiger partial charge in [-0.15, -0.1) is 0 Å². The summed E-state index contributed by atoms with van der Waals surface area (Å²) in [5.41, 5.74) is 0.105. The van der Waals surface area contributed by atoms with Crippen LogP contribution in [0.5, 0.6) is 0 Å². The minimum absolute atomic E-state index is 0.105. The van der Waals surface area contributed by atoms with Gasteiger partial charge in [-0.2, -0.15) is 4.31 Å². The number of benzene rings is 1.